The van der Waals surface area contributed by atoms with Crippen molar-refractivity contribution in [1.29, 1.82) is 0 Å². The van der Waals surface area contributed by atoms with E-state index < -0.39 is 7.60 Å². The summed E-state index contributed by atoms with van der Waals surface area (Å²) < 4.78 is 15.4. The maximum atomic E-state index is 10.7. The Hall–Kier alpha value is 0.773. The number of hydrogen-bond acceptors (Lipinski definition) is 2. The molecule has 0 saturated heterocycles. The topological polar surface area (TPSA) is 46.5 Å². The molecule has 0 aromatic rings. The van der Waals surface area contributed by atoms with Crippen molar-refractivity contribution in [2.45, 2.75) is 26.9 Å². The molecule has 0 aliphatic carbocycles. The molecule has 0 amide bonds. The normalized spacial score (nSPS) is 16.1. The molecule has 0 saturated carbocycles. The maximum Gasteiger partial charge on any atom is 0.328 e. The van der Waals surface area contributed by atoms with Crippen molar-refractivity contribution in [2.75, 3.05) is 6.16 Å². The van der Waals surface area contributed by atoms with E-state index in [1.165, 1.54) is 0 Å². The van der Waals surface area contributed by atoms with Gasteiger partial charge in [-0.3, -0.25) is 4.57 Å². The molecule has 0 aromatic carbocycles. The number of rotatable bonds is 3. The molecular formula is C5H13O3PZn. The minimum Gasteiger partial charge on any atom is -0.324 e. The van der Waals surface area contributed by atoms with Crippen LogP contribution in [0.2, 0.25) is 0 Å². The van der Waals surface area contributed by atoms with Crippen molar-refractivity contribution in [3.63, 3.8) is 0 Å². The van der Waals surface area contributed by atoms with E-state index in [2.05, 4.69) is 0 Å². The molecule has 0 heterocycles. The molecule has 0 fully saturated rings. The van der Waals surface area contributed by atoms with Crippen molar-refractivity contribution < 1.29 is 33.5 Å². The number of hydrogen-bond donors (Lipinski definition) is 1. The molecule has 0 aliphatic heterocycles. The van der Waals surface area contributed by atoms with Gasteiger partial charge in [0, 0.05) is 25.6 Å². The van der Waals surface area contributed by atoms with E-state index in [4.69, 9.17) is 9.42 Å². The van der Waals surface area contributed by atoms with Gasteiger partial charge in [-0.25, -0.2) is 0 Å². The summed E-state index contributed by atoms with van der Waals surface area (Å²) in [5.74, 6) is 0. The third-order valence-corrected chi connectivity index (χ3v) is 2.33. The standard InChI is InChI=1S/C5H13O3P.Zn/c1-4-9(6,7)8-5(2)3;/h5H,4H2,1-3H3,(H,6,7);. The molecule has 0 bridgehead atoms. The van der Waals surface area contributed by atoms with Crippen LogP contribution in [0, 0.1) is 0 Å². The fourth-order valence-electron chi connectivity index (χ4n) is 0.404. The second kappa shape index (κ2) is 5.43. The maximum absolute atomic E-state index is 10.7. The fourth-order valence-corrected chi connectivity index (χ4v) is 1.21. The Labute approximate surface area is 74.5 Å². The van der Waals surface area contributed by atoms with E-state index in [9.17, 15) is 4.57 Å². The summed E-state index contributed by atoms with van der Waals surface area (Å²) in [6.45, 7) is 5.10. The first-order chi connectivity index (χ1) is 3.98. The van der Waals surface area contributed by atoms with Crippen LogP contribution in [0.25, 0.3) is 0 Å². The van der Waals surface area contributed by atoms with Crippen molar-refractivity contribution in [2.24, 2.45) is 0 Å². The zero-order valence-electron chi connectivity index (χ0n) is 6.70. The van der Waals surface area contributed by atoms with Gasteiger partial charge in [-0.2, -0.15) is 0 Å². The van der Waals surface area contributed by atoms with Gasteiger partial charge in [0.15, 0.2) is 0 Å². The predicted molar refractivity (Wildman–Crippen MR) is 36.6 cm³/mol. The van der Waals surface area contributed by atoms with Gasteiger partial charge in [-0.05, 0) is 13.8 Å². The first-order valence-corrected chi connectivity index (χ1v) is 4.74. The van der Waals surface area contributed by atoms with Crippen LogP contribution in [0.1, 0.15) is 20.8 Å². The summed E-state index contributed by atoms with van der Waals surface area (Å²) in [7, 11) is -3.23. The van der Waals surface area contributed by atoms with Gasteiger partial charge in [0.2, 0.25) is 0 Å². The summed E-state index contributed by atoms with van der Waals surface area (Å²) >= 11 is 0. The van der Waals surface area contributed by atoms with E-state index >= 15 is 0 Å². The minimum atomic E-state index is -3.23. The van der Waals surface area contributed by atoms with Crippen LogP contribution in [-0.2, 0) is 28.6 Å². The third kappa shape index (κ3) is 6.89. The summed E-state index contributed by atoms with van der Waals surface area (Å²) in [6.07, 6.45) is 0.0198. The Kier molecular flexibility index (Phi) is 7.26. The van der Waals surface area contributed by atoms with Crippen LogP contribution >= 0.6 is 7.60 Å². The van der Waals surface area contributed by atoms with Crippen LogP contribution in [0.4, 0.5) is 0 Å². The van der Waals surface area contributed by atoms with Gasteiger partial charge in [0.25, 0.3) is 0 Å². The fraction of sp³-hybridized carbons (Fsp3) is 1.00. The predicted octanol–water partition coefficient (Wildman–Crippen LogP) is 1.61. The van der Waals surface area contributed by atoms with Gasteiger partial charge in [0.05, 0.1) is 6.10 Å². The van der Waals surface area contributed by atoms with Crippen LogP contribution in [-0.4, -0.2) is 17.2 Å². The van der Waals surface area contributed by atoms with Gasteiger partial charge >= 0.3 is 7.60 Å². The monoisotopic (exact) mass is 216 g/mol. The Balaban J connectivity index is 0. The molecule has 0 radical (unpaired) electrons. The Morgan fingerprint density at radius 2 is 2.00 bits per heavy atom. The van der Waals surface area contributed by atoms with Crippen molar-refractivity contribution in [1.82, 2.24) is 0 Å². The molecule has 1 unspecified atom stereocenters. The smallest absolute Gasteiger partial charge is 0.324 e. The van der Waals surface area contributed by atoms with E-state index in [-0.39, 0.29) is 31.7 Å². The molecule has 1 N–H and O–H groups in total. The molecule has 0 aliphatic rings. The molecule has 5 heteroatoms. The van der Waals surface area contributed by atoms with E-state index in [0.29, 0.717) is 0 Å². The van der Waals surface area contributed by atoms with Crippen LogP contribution in [0.5, 0.6) is 0 Å². The van der Waals surface area contributed by atoms with Crippen molar-refractivity contribution in [3.05, 3.63) is 0 Å². The van der Waals surface area contributed by atoms with Gasteiger partial charge in [-0.1, -0.05) is 6.92 Å². The second-order valence-electron chi connectivity index (χ2n) is 2.11. The average molecular weight is 218 g/mol. The molecule has 58 valence electrons. The Bertz CT molecular complexity index is 126. The quantitative estimate of drug-likeness (QED) is 0.577. The molecule has 3 nitrogen and oxygen atoms in total. The van der Waals surface area contributed by atoms with E-state index in [1.807, 2.05) is 0 Å². The van der Waals surface area contributed by atoms with Crippen LogP contribution in [0.15, 0.2) is 0 Å². The second-order valence-corrected chi connectivity index (χ2v) is 4.23. The minimum absolute atomic E-state index is 0. The largest absolute Gasteiger partial charge is 0.328 e. The van der Waals surface area contributed by atoms with Crippen LogP contribution in [0.3, 0.4) is 0 Å². The van der Waals surface area contributed by atoms with Gasteiger partial charge in [0.1, 0.15) is 0 Å². The van der Waals surface area contributed by atoms with E-state index in [1.54, 1.807) is 20.8 Å². The van der Waals surface area contributed by atoms with Crippen molar-refractivity contribution in [3.8, 4) is 0 Å². The molecule has 1 atom stereocenters. The zero-order chi connectivity index (χ0) is 7.49. The first kappa shape index (κ1) is 13.4. The Morgan fingerprint density at radius 3 is 2.10 bits per heavy atom. The summed E-state index contributed by atoms with van der Waals surface area (Å²) in [5, 5.41) is 0. The van der Waals surface area contributed by atoms with Gasteiger partial charge < -0.3 is 9.42 Å². The van der Waals surface area contributed by atoms with E-state index in [0.717, 1.165) is 0 Å². The van der Waals surface area contributed by atoms with Crippen molar-refractivity contribution >= 4 is 7.60 Å². The molecular weight excluding hydrogens is 204 g/mol. The van der Waals surface area contributed by atoms with Crippen LogP contribution < -0.4 is 0 Å². The zero-order valence-corrected chi connectivity index (χ0v) is 10.6. The third-order valence-electron chi connectivity index (χ3n) is 0.775. The molecule has 10 heavy (non-hydrogen) atoms. The van der Waals surface area contributed by atoms with Gasteiger partial charge in [-0.15, -0.1) is 0 Å². The first-order valence-electron chi connectivity index (χ1n) is 2.98. The average Bonchev–Trinajstić information content (AvgIpc) is 1.63. The summed E-state index contributed by atoms with van der Waals surface area (Å²) in [5.41, 5.74) is 0. The molecule has 0 spiro atoms. The SMILES string of the molecule is CCP(=O)(O)OC(C)C.[Zn]. The summed E-state index contributed by atoms with van der Waals surface area (Å²) in [4.78, 5) is 8.83. The molecule has 0 aromatic heterocycles. The molecule has 0 rings (SSSR count). The summed E-state index contributed by atoms with van der Waals surface area (Å²) in [6, 6.07) is 0. The Morgan fingerprint density at radius 1 is 1.60 bits per heavy atom.